The Hall–Kier alpha value is -3.20. The van der Waals surface area contributed by atoms with Crippen LogP contribution in [0, 0.1) is 15.9 Å². The summed E-state index contributed by atoms with van der Waals surface area (Å²) < 4.78 is 18.9. The summed E-state index contributed by atoms with van der Waals surface area (Å²) in [5, 5.41) is 13.9. The Morgan fingerprint density at radius 3 is 2.57 bits per heavy atom. The average molecular weight is 436 g/mol. The fourth-order valence-electron chi connectivity index (χ4n) is 3.13. The normalized spacial score (nSPS) is 14.3. The van der Waals surface area contributed by atoms with E-state index in [4.69, 9.17) is 16.3 Å². The summed E-state index contributed by atoms with van der Waals surface area (Å²) in [6.07, 6.45) is 0.633. The van der Waals surface area contributed by atoms with Gasteiger partial charge in [0.2, 0.25) is 0 Å². The molecule has 0 spiro atoms. The number of hydrogen-bond donors (Lipinski definition) is 1. The smallest absolute Gasteiger partial charge is 0.339 e. The molecule has 1 aliphatic heterocycles. The van der Waals surface area contributed by atoms with Gasteiger partial charge < -0.3 is 15.0 Å². The first-order valence-electron chi connectivity index (χ1n) is 9.26. The number of hydrogen-bond acceptors (Lipinski definition) is 6. The van der Waals surface area contributed by atoms with E-state index < -0.39 is 28.7 Å². The minimum absolute atomic E-state index is 0.0537. The van der Waals surface area contributed by atoms with Crippen molar-refractivity contribution < 1.29 is 23.6 Å². The summed E-state index contributed by atoms with van der Waals surface area (Å²) in [5.41, 5.74) is 0.0737. The Kier molecular flexibility index (Phi) is 6.51. The molecule has 1 amide bonds. The number of benzene rings is 2. The molecule has 1 saturated heterocycles. The van der Waals surface area contributed by atoms with Gasteiger partial charge in [-0.1, -0.05) is 11.6 Å². The zero-order valence-corrected chi connectivity index (χ0v) is 16.8. The highest BCUT2D eigenvalue weighted by atomic mass is 35.5. The maximum Gasteiger partial charge on any atom is 0.339 e. The lowest BCUT2D eigenvalue weighted by Gasteiger charge is -2.18. The minimum atomic E-state index is -1.26. The molecule has 10 heteroatoms. The third kappa shape index (κ3) is 4.85. The molecule has 30 heavy (non-hydrogen) atoms. The summed E-state index contributed by atoms with van der Waals surface area (Å²) in [7, 11) is 0. The number of nitro benzene ring substituents is 1. The van der Waals surface area contributed by atoms with Gasteiger partial charge in [0, 0.05) is 24.2 Å². The monoisotopic (exact) mass is 435 g/mol. The molecular weight excluding hydrogens is 417 g/mol. The number of nitrogens with one attached hydrogen (secondary N) is 1. The molecule has 0 aromatic heterocycles. The topological polar surface area (TPSA) is 102 Å². The third-order valence-electron chi connectivity index (χ3n) is 4.70. The first kappa shape index (κ1) is 21.5. The highest BCUT2D eigenvalue weighted by Crippen LogP contribution is 2.32. The van der Waals surface area contributed by atoms with Crippen LogP contribution in [0.4, 0.5) is 21.5 Å². The van der Waals surface area contributed by atoms with Crippen molar-refractivity contribution in [2.45, 2.75) is 25.9 Å². The average Bonchev–Trinajstić information content (AvgIpc) is 3.24. The molecule has 0 radical (unpaired) electrons. The molecule has 1 heterocycles. The fourth-order valence-corrected chi connectivity index (χ4v) is 3.29. The van der Waals surface area contributed by atoms with E-state index in [1.165, 1.54) is 31.2 Å². The van der Waals surface area contributed by atoms with Crippen molar-refractivity contribution in [2.75, 3.05) is 23.3 Å². The first-order valence-corrected chi connectivity index (χ1v) is 9.64. The van der Waals surface area contributed by atoms with Crippen LogP contribution >= 0.6 is 11.6 Å². The Morgan fingerprint density at radius 2 is 1.93 bits per heavy atom. The van der Waals surface area contributed by atoms with E-state index >= 15 is 0 Å². The number of nitro groups is 1. The largest absolute Gasteiger partial charge is 0.449 e. The second-order valence-corrected chi connectivity index (χ2v) is 7.25. The summed E-state index contributed by atoms with van der Waals surface area (Å²) >= 11 is 5.67. The van der Waals surface area contributed by atoms with Crippen LogP contribution in [-0.4, -0.2) is 36.0 Å². The predicted octanol–water partition coefficient (Wildman–Crippen LogP) is 4.17. The number of nitrogens with zero attached hydrogens (tertiary/aromatic N) is 2. The second-order valence-electron chi connectivity index (χ2n) is 6.82. The molecule has 1 N–H and O–H groups in total. The molecule has 1 aliphatic rings. The van der Waals surface area contributed by atoms with Crippen molar-refractivity contribution in [3.8, 4) is 0 Å². The highest BCUT2D eigenvalue weighted by molar-refractivity contribution is 6.30. The van der Waals surface area contributed by atoms with E-state index in [1.807, 2.05) is 4.90 Å². The molecule has 1 fully saturated rings. The number of amides is 1. The molecule has 158 valence electrons. The van der Waals surface area contributed by atoms with Crippen molar-refractivity contribution >= 4 is 40.5 Å². The van der Waals surface area contributed by atoms with Gasteiger partial charge >= 0.3 is 5.97 Å². The Bertz CT molecular complexity index is 994. The van der Waals surface area contributed by atoms with Crippen molar-refractivity contribution in [2.24, 2.45) is 0 Å². The number of carbonyl (C=O) groups is 2. The molecule has 0 aliphatic carbocycles. The molecule has 0 saturated carbocycles. The van der Waals surface area contributed by atoms with Gasteiger partial charge in [-0.3, -0.25) is 14.9 Å². The highest BCUT2D eigenvalue weighted by Gasteiger charge is 2.26. The molecule has 0 bridgehead atoms. The van der Waals surface area contributed by atoms with Crippen LogP contribution in [0.3, 0.4) is 0 Å². The fraction of sp³-hybridized carbons (Fsp3) is 0.300. The van der Waals surface area contributed by atoms with Gasteiger partial charge in [0.1, 0.15) is 11.5 Å². The van der Waals surface area contributed by atoms with Crippen LogP contribution in [0.25, 0.3) is 0 Å². The summed E-state index contributed by atoms with van der Waals surface area (Å²) in [6, 6.07) is 7.79. The quantitative estimate of drug-likeness (QED) is 0.415. The van der Waals surface area contributed by atoms with Crippen LogP contribution < -0.4 is 10.2 Å². The predicted molar refractivity (Wildman–Crippen MR) is 109 cm³/mol. The number of halogens is 2. The minimum Gasteiger partial charge on any atom is -0.449 e. The van der Waals surface area contributed by atoms with Crippen molar-refractivity contribution in [1.29, 1.82) is 0 Å². The van der Waals surface area contributed by atoms with Crippen molar-refractivity contribution in [1.82, 2.24) is 0 Å². The molecule has 8 nitrogen and oxygen atoms in total. The summed E-state index contributed by atoms with van der Waals surface area (Å²) in [5.74, 6) is -2.39. The SMILES string of the molecule is CC(OC(=O)c1ccc(N2CCCC2)c([N+](=O)[O-])c1)C(=O)Nc1ccc(Cl)cc1F. The summed E-state index contributed by atoms with van der Waals surface area (Å²) in [6.45, 7) is 2.74. The Balaban J connectivity index is 1.70. The van der Waals surface area contributed by atoms with Crippen LogP contribution in [0.15, 0.2) is 36.4 Å². The number of anilines is 2. The molecule has 1 unspecified atom stereocenters. The van der Waals surface area contributed by atoms with Gasteiger partial charge in [0.15, 0.2) is 6.10 Å². The lowest BCUT2D eigenvalue weighted by molar-refractivity contribution is -0.384. The van der Waals surface area contributed by atoms with E-state index in [2.05, 4.69) is 5.32 Å². The number of carbonyl (C=O) groups excluding carboxylic acids is 2. The van der Waals surface area contributed by atoms with Gasteiger partial charge in [-0.15, -0.1) is 0 Å². The van der Waals surface area contributed by atoms with Gasteiger partial charge in [-0.25, -0.2) is 9.18 Å². The Morgan fingerprint density at radius 1 is 1.23 bits per heavy atom. The standard InChI is InChI=1S/C20H19ClFN3O5/c1-12(19(26)23-16-6-5-14(21)11-15(16)22)30-20(27)13-4-7-17(18(10-13)25(28)29)24-8-2-3-9-24/h4-7,10-12H,2-3,8-9H2,1H3,(H,23,26). The van der Waals surface area contributed by atoms with E-state index in [1.54, 1.807) is 0 Å². The van der Waals surface area contributed by atoms with E-state index in [9.17, 15) is 24.1 Å². The third-order valence-corrected chi connectivity index (χ3v) is 4.93. The van der Waals surface area contributed by atoms with Crippen LogP contribution in [0.5, 0.6) is 0 Å². The zero-order valence-electron chi connectivity index (χ0n) is 16.1. The molecule has 3 rings (SSSR count). The van der Waals surface area contributed by atoms with Crippen LogP contribution in [-0.2, 0) is 9.53 Å². The van der Waals surface area contributed by atoms with Gasteiger partial charge in [-0.2, -0.15) is 0 Å². The number of ether oxygens (including phenoxy) is 1. The van der Waals surface area contributed by atoms with Crippen molar-refractivity contribution in [3.63, 3.8) is 0 Å². The maximum atomic E-state index is 13.8. The summed E-state index contributed by atoms with van der Waals surface area (Å²) in [4.78, 5) is 37.4. The molecular formula is C20H19ClFN3O5. The lowest BCUT2D eigenvalue weighted by atomic mass is 10.1. The van der Waals surface area contributed by atoms with E-state index in [0.717, 1.165) is 25.0 Å². The van der Waals surface area contributed by atoms with Crippen LogP contribution in [0.2, 0.25) is 5.02 Å². The second kappa shape index (κ2) is 9.08. The first-order chi connectivity index (χ1) is 14.3. The molecule has 1 atom stereocenters. The van der Waals surface area contributed by atoms with Crippen molar-refractivity contribution in [3.05, 3.63) is 62.9 Å². The zero-order chi connectivity index (χ0) is 21.8. The van der Waals surface area contributed by atoms with Crippen LogP contribution in [0.1, 0.15) is 30.1 Å². The molecule has 2 aromatic carbocycles. The van der Waals surface area contributed by atoms with Gasteiger partial charge in [0.25, 0.3) is 11.6 Å². The lowest BCUT2D eigenvalue weighted by Crippen LogP contribution is -2.30. The van der Waals surface area contributed by atoms with E-state index in [0.29, 0.717) is 18.8 Å². The number of esters is 1. The number of rotatable bonds is 6. The van der Waals surface area contributed by atoms with Gasteiger partial charge in [-0.05, 0) is 50.1 Å². The Labute approximate surface area is 176 Å². The molecule has 2 aromatic rings. The maximum absolute atomic E-state index is 13.8. The van der Waals surface area contributed by atoms with Gasteiger partial charge in [0.05, 0.1) is 16.2 Å². The van der Waals surface area contributed by atoms with E-state index in [-0.39, 0.29) is 22.0 Å².